The lowest BCUT2D eigenvalue weighted by atomic mass is 10.1. The van der Waals surface area contributed by atoms with Crippen LogP contribution in [0.1, 0.15) is 10.4 Å². The molecule has 1 N–H and O–H groups in total. The number of anilines is 1. The lowest BCUT2D eigenvalue weighted by Crippen LogP contribution is -2.17. The van der Waals surface area contributed by atoms with E-state index in [2.05, 4.69) is 30.1 Å². The standard InChI is InChI=1S/C19H13F3N6O3/c1-30-16-8-15(23-10-24-16)27-18(29)12-9-25-28-7-6-13(26-17(12)28)11-4-2-3-5-14(11)31-19(20,21)22/h2-10H,1H3,(H,23,24,27,29). The lowest BCUT2D eigenvalue weighted by molar-refractivity contribution is -0.274. The van der Waals surface area contributed by atoms with Crippen molar-refractivity contribution < 1.29 is 27.4 Å². The second kappa shape index (κ2) is 7.89. The molecule has 0 fully saturated rings. The monoisotopic (exact) mass is 430 g/mol. The molecule has 4 rings (SSSR count). The highest BCUT2D eigenvalue weighted by molar-refractivity contribution is 6.07. The van der Waals surface area contributed by atoms with Crippen LogP contribution in [0.2, 0.25) is 0 Å². The lowest BCUT2D eigenvalue weighted by Gasteiger charge is -2.13. The van der Waals surface area contributed by atoms with Gasteiger partial charge >= 0.3 is 6.36 Å². The maximum absolute atomic E-state index is 12.7. The summed E-state index contributed by atoms with van der Waals surface area (Å²) >= 11 is 0. The maximum Gasteiger partial charge on any atom is 0.573 e. The van der Waals surface area contributed by atoms with Crippen molar-refractivity contribution in [2.24, 2.45) is 0 Å². The van der Waals surface area contributed by atoms with E-state index in [1.54, 1.807) is 6.07 Å². The maximum atomic E-state index is 12.7. The Kier molecular flexibility index (Phi) is 5.11. The zero-order valence-electron chi connectivity index (χ0n) is 15.8. The second-order valence-electron chi connectivity index (χ2n) is 6.08. The van der Waals surface area contributed by atoms with E-state index in [-0.39, 0.29) is 34.2 Å². The quantitative estimate of drug-likeness (QED) is 0.518. The van der Waals surface area contributed by atoms with Crippen LogP contribution in [0.5, 0.6) is 11.6 Å². The Bertz CT molecular complexity index is 1260. The van der Waals surface area contributed by atoms with Crippen LogP contribution in [0.15, 0.2) is 55.1 Å². The molecule has 0 radical (unpaired) electrons. The summed E-state index contributed by atoms with van der Waals surface area (Å²) in [5.74, 6) is -0.534. The smallest absolute Gasteiger partial charge is 0.481 e. The van der Waals surface area contributed by atoms with Crippen LogP contribution in [0.25, 0.3) is 16.9 Å². The number of ether oxygens (including phenoxy) is 2. The van der Waals surface area contributed by atoms with Crippen molar-refractivity contribution in [3.8, 4) is 22.9 Å². The molecule has 12 heteroatoms. The molecule has 0 aliphatic rings. The number of halogens is 3. The van der Waals surface area contributed by atoms with Crippen molar-refractivity contribution in [2.45, 2.75) is 6.36 Å². The van der Waals surface area contributed by atoms with Crippen LogP contribution in [-0.2, 0) is 0 Å². The molecule has 158 valence electrons. The molecular formula is C19H13F3N6O3. The Morgan fingerprint density at radius 2 is 1.97 bits per heavy atom. The predicted octanol–water partition coefficient (Wildman–Crippen LogP) is 3.35. The topological polar surface area (TPSA) is 104 Å². The van der Waals surface area contributed by atoms with Crippen molar-refractivity contribution >= 4 is 17.4 Å². The Hall–Kier alpha value is -4.22. The summed E-state index contributed by atoms with van der Waals surface area (Å²) in [5, 5.41) is 6.63. The van der Waals surface area contributed by atoms with Gasteiger partial charge in [-0.05, 0) is 18.2 Å². The minimum absolute atomic E-state index is 0.0913. The fourth-order valence-electron chi connectivity index (χ4n) is 2.77. The van der Waals surface area contributed by atoms with Gasteiger partial charge in [-0.2, -0.15) is 5.10 Å². The zero-order chi connectivity index (χ0) is 22.0. The van der Waals surface area contributed by atoms with Gasteiger partial charge in [-0.3, -0.25) is 4.79 Å². The second-order valence-corrected chi connectivity index (χ2v) is 6.08. The summed E-state index contributed by atoms with van der Waals surface area (Å²) in [7, 11) is 1.42. The highest BCUT2D eigenvalue weighted by atomic mass is 19.4. The third kappa shape index (κ3) is 4.37. The fourth-order valence-corrected chi connectivity index (χ4v) is 2.77. The first-order valence-electron chi connectivity index (χ1n) is 8.71. The van der Waals surface area contributed by atoms with Gasteiger partial charge < -0.3 is 14.8 Å². The number of hydrogen-bond acceptors (Lipinski definition) is 7. The molecule has 0 atom stereocenters. The molecule has 31 heavy (non-hydrogen) atoms. The third-order valence-corrected chi connectivity index (χ3v) is 4.10. The van der Waals surface area contributed by atoms with Crippen LogP contribution in [0.3, 0.4) is 0 Å². The molecule has 0 spiro atoms. The normalized spacial score (nSPS) is 11.4. The van der Waals surface area contributed by atoms with Gasteiger partial charge in [-0.25, -0.2) is 19.5 Å². The number of benzene rings is 1. The van der Waals surface area contributed by atoms with Crippen molar-refractivity contribution in [3.05, 3.63) is 60.7 Å². The fraction of sp³-hybridized carbons (Fsp3) is 0.105. The van der Waals surface area contributed by atoms with Crippen LogP contribution in [-0.4, -0.2) is 43.9 Å². The average Bonchev–Trinajstić information content (AvgIpc) is 3.16. The van der Waals surface area contributed by atoms with E-state index in [4.69, 9.17) is 4.74 Å². The minimum Gasteiger partial charge on any atom is -0.481 e. The first-order chi connectivity index (χ1) is 14.8. The largest absolute Gasteiger partial charge is 0.573 e. The Morgan fingerprint density at radius 1 is 1.16 bits per heavy atom. The van der Waals surface area contributed by atoms with E-state index >= 15 is 0 Å². The number of nitrogens with one attached hydrogen (secondary N) is 1. The van der Waals surface area contributed by atoms with E-state index in [0.29, 0.717) is 0 Å². The van der Waals surface area contributed by atoms with E-state index < -0.39 is 18.0 Å². The predicted molar refractivity (Wildman–Crippen MR) is 102 cm³/mol. The Morgan fingerprint density at radius 3 is 2.74 bits per heavy atom. The van der Waals surface area contributed by atoms with Crippen molar-refractivity contribution in [1.82, 2.24) is 24.6 Å². The number of carbonyl (C=O) groups excluding carboxylic acids is 1. The van der Waals surface area contributed by atoms with Crippen LogP contribution in [0, 0.1) is 0 Å². The summed E-state index contributed by atoms with van der Waals surface area (Å²) in [6, 6.07) is 8.47. The number of aromatic nitrogens is 5. The highest BCUT2D eigenvalue weighted by Gasteiger charge is 2.32. The summed E-state index contributed by atoms with van der Waals surface area (Å²) in [5.41, 5.74) is 0.507. The van der Waals surface area contributed by atoms with Gasteiger partial charge in [0.2, 0.25) is 5.88 Å². The molecule has 0 unspecified atom stereocenters. The SMILES string of the molecule is COc1cc(NC(=O)c2cnn3ccc(-c4ccccc4OC(F)(F)F)nc23)ncn1. The van der Waals surface area contributed by atoms with Crippen molar-refractivity contribution in [2.75, 3.05) is 12.4 Å². The highest BCUT2D eigenvalue weighted by Crippen LogP contribution is 2.33. The number of amides is 1. The van der Waals surface area contributed by atoms with Crippen molar-refractivity contribution in [3.63, 3.8) is 0 Å². The number of alkyl halides is 3. The van der Waals surface area contributed by atoms with E-state index in [1.165, 1.54) is 60.7 Å². The molecule has 3 aromatic heterocycles. The van der Waals surface area contributed by atoms with Crippen LogP contribution < -0.4 is 14.8 Å². The molecule has 0 saturated carbocycles. The van der Waals surface area contributed by atoms with Crippen LogP contribution in [0.4, 0.5) is 19.0 Å². The average molecular weight is 430 g/mol. The first kappa shape index (κ1) is 20.1. The molecule has 0 bridgehead atoms. The molecule has 0 saturated heterocycles. The number of hydrogen-bond donors (Lipinski definition) is 1. The summed E-state index contributed by atoms with van der Waals surface area (Å²) < 4.78 is 48.6. The molecule has 1 aromatic carbocycles. The van der Waals surface area contributed by atoms with E-state index in [0.717, 1.165) is 0 Å². The summed E-state index contributed by atoms with van der Waals surface area (Å²) in [4.78, 5) is 24.8. The van der Waals surface area contributed by atoms with Gasteiger partial charge in [0.05, 0.1) is 19.0 Å². The number of carbonyl (C=O) groups is 1. The molecule has 0 aliphatic carbocycles. The zero-order valence-corrected chi connectivity index (χ0v) is 15.8. The van der Waals surface area contributed by atoms with Gasteiger partial charge in [0, 0.05) is 17.8 Å². The van der Waals surface area contributed by atoms with Gasteiger partial charge in [-0.1, -0.05) is 12.1 Å². The van der Waals surface area contributed by atoms with Gasteiger partial charge in [0.25, 0.3) is 5.91 Å². The van der Waals surface area contributed by atoms with Gasteiger partial charge in [0.1, 0.15) is 23.5 Å². The number of para-hydroxylation sites is 1. The number of methoxy groups -OCH3 is 1. The van der Waals surface area contributed by atoms with E-state index in [9.17, 15) is 18.0 Å². The number of rotatable bonds is 5. The Labute approximate surface area is 172 Å². The van der Waals surface area contributed by atoms with Gasteiger partial charge in [-0.15, -0.1) is 13.2 Å². The molecule has 1 amide bonds. The molecule has 3 heterocycles. The molecule has 4 aromatic rings. The molecular weight excluding hydrogens is 417 g/mol. The minimum atomic E-state index is -4.86. The first-order valence-corrected chi connectivity index (χ1v) is 8.71. The third-order valence-electron chi connectivity index (χ3n) is 4.10. The molecule has 9 nitrogen and oxygen atoms in total. The summed E-state index contributed by atoms with van der Waals surface area (Å²) in [6.45, 7) is 0. The summed E-state index contributed by atoms with van der Waals surface area (Å²) in [6.07, 6.45) is -0.872. The van der Waals surface area contributed by atoms with E-state index in [1.807, 2.05) is 0 Å². The van der Waals surface area contributed by atoms with Crippen molar-refractivity contribution in [1.29, 1.82) is 0 Å². The number of nitrogens with zero attached hydrogens (tertiary/aromatic N) is 5. The molecule has 0 aliphatic heterocycles. The van der Waals surface area contributed by atoms with Crippen LogP contribution >= 0.6 is 0 Å². The number of fused-ring (bicyclic) bond motifs is 1. The van der Waals surface area contributed by atoms with Gasteiger partial charge in [0.15, 0.2) is 5.65 Å². The Balaban J connectivity index is 1.70.